The minimum atomic E-state index is -0.00695. The SMILES string of the molecule is CC1c2scc(Br)c2CCN1C(=O)c1cc2ccc(Br)cn2n1. The molecule has 0 radical (unpaired) electrons. The van der Waals surface area contributed by atoms with Crippen LogP contribution in [0.15, 0.2) is 38.7 Å². The largest absolute Gasteiger partial charge is 0.329 e. The molecule has 3 aromatic heterocycles. The van der Waals surface area contributed by atoms with Gasteiger partial charge in [-0.1, -0.05) is 0 Å². The van der Waals surface area contributed by atoms with E-state index in [4.69, 9.17) is 0 Å². The van der Waals surface area contributed by atoms with Crippen molar-refractivity contribution < 1.29 is 4.79 Å². The third-order valence-electron chi connectivity index (χ3n) is 4.23. The summed E-state index contributed by atoms with van der Waals surface area (Å²) >= 11 is 8.74. The van der Waals surface area contributed by atoms with Crippen LogP contribution >= 0.6 is 43.2 Å². The van der Waals surface area contributed by atoms with E-state index in [2.05, 4.69) is 49.3 Å². The Morgan fingerprint density at radius 3 is 3.04 bits per heavy atom. The Morgan fingerprint density at radius 1 is 1.39 bits per heavy atom. The van der Waals surface area contributed by atoms with Gasteiger partial charge >= 0.3 is 0 Å². The monoisotopic (exact) mass is 453 g/mol. The van der Waals surface area contributed by atoms with Crippen LogP contribution in [0.25, 0.3) is 5.52 Å². The van der Waals surface area contributed by atoms with E-state index in [9.17, 15) is 4.79 Å². The number of aromatic nitrogens is 2. The number of pyridine rings is 1. The van der Waals surface area contributed by atoms with E-state index in [1.54, 1.807) is 15.9 Å². The molecule has 4 nitrogen and oxygen atoms in total. The third-order valence-corrected chi connectivity index (χ3v) is 6.90. The zero-order valence-corrected chi connectivity index (χ0v) is 16.3. The van der Waals surface area contributed by atoms with Crippen LogP contribution in [-0.4, -0.2) is 27.0 Å². The van der Waals surface area contributed by atoms with Crippen LogP contribution in [-0.2, 0) is 6.42 Å². The summed E-state index contributed by atoms with van der Waals surface area (Å²) in [6.45, 7) is 2.81. The number of hydrogen-bond donors (Lipinski definition) is 0. The van der Waals surface area contributed by atoms with E-state index < -0.39 is 0 Å². The van der Waals surface area contributed by atoms with Gasteiger partial charge in [0.2, 0.25) is 0 Å². The number of halogens is 2. The Morgan fingerprint density at radius 2 is 2.22 bits per heavy atom. The van der Waals surface area contributed by atoms with Gasteiger partial charge < -0.3 is 4.90 Å². The molecule has 0 aliphatic carbocycles. The first-order valence-corrected chi connectivity index (χ1v) is 9.73. The first kappa shape index (κ1) is 15.4. The Balaban J connectivity index is 1.68. The number of thiophene rings is 1. The fourth-order valence-corrected chi connectivity index (χ4v) is 5.23. The van der Waals surface area contributed by atoms with E-state index in [1.807, 2.05) is 29.3 Å². The summed E-state index contributed by atoms with van der Waals surface area (Å²) in [6.07, 6.45) is 2.74. The summed E-state index contributed by atoms with van der Waals surface area (Å²) < 4.78 is 3.83. The molecule has 4 heterocycles. The molecule has 0 spiro atoms. The van der Waals surface area contributed by atoms with Gasteiger partial charge in [0.1, 0.15) is 0 Å². The molecule has 1 atom stereocenters. The van der Waals surface area contributed by atoms with Crippen molar-refractivity contribution in [2.45, 2.75) is 19.4 Å². The van der Waals surface area contributed by atoms with Gasteiger partial charge in [-0.3, -0.25) is 4.79 Å². The zero-order valence-electron chi connectivity index (χ0n) is 12.3. The maximum absolute atomic E-state index is 12.9. The maximum atomic E-state index is 12.9. The molecule has 0 bridgehead atoms. The van der Waals surface area contributed by atoms with Gasteiger partial charge in [0.15, 0.2) is 5.69 Å². The lowest BCUT2D eigenvalue weighted by Crippen LogP contribution is -2.38. The quantitative estimate of drug-likeness (QED) is 0.535. The summed E-state index contributed by atoms with van der Waals surface area (Å²) in [5.41, 5.74) is 2.75. The number of carbonyl (C=O) groups excluding carboxylic acids is 1. The van der Waals surface area contributed by atoms with Crippen molar-refractivity contribution in [3.8, 4) is 0 Å². The van der Waals surface area contributed by atoms with Crippen LogP contribution in [0.2, 0.25) is 0 Å². The van der Waals surface area contributed by atoms with Crippen molar-refractivity contribution in [3.05, 3.63) is 54.9 Å². The highest BCUT2D eigenvalue weighted by molar-refractivity contribution is 9.10. The molecule has 1 amide bonds. The van der Waals surface area contributed by atoms with Crippen LogP contribution < -0.4 is 0 Å². The van der Waals surface area contributed by atoms with E-state index >= 15 is 0 Å². The minimum Gasteiger partial charge on any atom is -0.329 e. The predicted octanol–water partition coefficient (Wildman–Crippen LogP) is 4.68. The fraction of sp³-hybridized carbons (Fsp3) is 0.250. The molecular formula is C16H13Br2N3OS. The van der Waals surface area contributed by atoms with Gasteiger partial charge in [0, 0.05) is 31.9 Å². The first-order valence-electron chi connectivity index (χ1n) is 7.26. The van der Waals surface area contributed by atoms with Gasteiger partial charge in [0.25, 0.3) is 5.91 Å². The van der Waals surface area contributed by atoms with Crippen LogP contribution in [0.4, 0.5) is 0 Å². The molecule has 0 N–H and O–H groups in total. The standard InChI is InChI=1S/C16H13Br2N3OS/c1-9-15-12(13(18)8-23-15)4-5-20(9)16(22)14-6-11-3-2-10(17)7-21(11)19-14/h2-3,6-9H,4-5H2,1H3. The Kier molecular flexibility index (Phi) is 3.82. The molecule has 23 heavy (non-hydrogen) atoms. The second-order valence-electron chi connectivity index (χ2n) is 5.60. The second-order valence-corrected chi connectivity index (χ2v) is 8.28. The van der Waals surface area contributed by atoms with Gasteiger partial charge in [-0.15, -0.1) is 11.3 Å². The molecule has 1 unspecified atom stereocenters. The highest BCUT2D eigenvalue weighted by Crippen LogP contribution is 2.39. The van der Waals surface area contributed by atoms with E-state index in [1.165, 1.54) is 10.4 Å². The van der Waals surface area contributed by atoms with Crippen molar-refractivity contribution in [1.82, 2.24) is 14.5 Å². The Labute approximate surface area is 154 Å². The summed E-state index contributed by atoms with van der Waals surface area (Å²) in [7, 11) is 0. The van der Waals surface area contributed by atoms with Crippen molar-refractivity contribution in [1.29, 1.82) is 0 Å². The smallest absolute Gasteiger partial charge is 0.274 e. The zero-order chi connectivity index (χ0) is 16.1. The molecule has 1 aliphatic rings. The Bertz CT molecular complexity index is 917. The average Bonchev–Trinajstić information content (AvgIpc) is 3.11. The molecule has 1 aliphatic heterocycles. The van der Waals surface area contributed by atoms with Crippen LogP contribution in [0.1, 0.15) is 33.9 Å². The Hall–Kier alpha value is -1.18. The molecule has 0 saturated carbocycles. The van der Waals surface area contributed by atoms with Gasteiger partial charge in [0.05, 0.1) is 11.6 Å². The highest BCUT2D eigenvalue weighted by atomic mass is 79.9. The molecule has 3 aromatic rings. The van der Waals surface area contributed by atoms with Gasteiger partial charge in [-0.05, 0) is 69.0 Å². The molecule has 0 fully saturated rings. The average molecular weight is 455 g/mol. The second kappa shape index (κ2) is 5.72. The van der Waals surface area contributed by atoms with Crippen molar-refractivity contribution in [2.75, 3.05) is 6.54 Å². The summed E-state index contributed by atoms with van der Waals surface area (Å²) in [6, 6.07) is 5.83. The molecule has 0 aromatic carbocycles. The molecule has 7 heteroatoms. The molecule has 4 rings (SSSR count). The van der Waals surface area contributed by atoms with E-state index in [0.29, 0.717) is 5.69 Å². The fourth-order valence-electron chi connectivity index (χ4n) is 3.03. The molecule has 118 valence electrons. The number of carbonyl (C=O) groups is 1. The highest BCUT2D eigenvalue weighted by Gasteiger charge is 2.31. The van der Waals surface area contributed by atoms with Crippen molar-refractivity contribution in [2.24, 2.45) is 0 Å². The normalized spacial score (nSPS) is 17.5. The van der Waals surface area contributed by atoms with Gasteiger partial charge in [-0.2, -0.15) is 5.10 Å². The lowest BCUT2D eigenvalue weighted by Gasteiger charge is -2.33. The lowest BCUT2D eigenvalue weighted by molar-refractivity contribution is 0.0675. The molecular weight excluding hydrogens is 442 g/mol. The van der Waals surface area contributed by atoms with Crippen LogP contribution in [0, 0.1) is 0 Å². The van der Waals surface area contributed by atoms with E-state index in [-0.39, 0.29) is 11.9 Å². The minimum absolute atomic E-state index is 0.00695. The first-order chi connectivity index (χ1) is 11.0. The molecule has 0 saturated heterocycles. The summed E-state index contributed by atoms with van der Waals surface area (Å²) in [4.78, 5) is 16.1. The van der Waals surface area contributed by atoms with Crippen molar-refractivity contribution in [3.63, 3.8) is 0 Å². The number of rotatable bonds is 1. The number of fused-ring (bicyclic) bond motifs is 2. The topological polar surface area (TPSA) is 37.6 Å². The predicted molar refractivity (Wildman–Crippen MR) is 98.1 cm³/mol. The lowest BCUT2D eigenvalue weighted by atomic mass is 10.0. The summed E-state index contributed by atoms with van der Waals surface area (Å²) in [5.74, 6) is -0.00695. The summed E-state index contributed by atoms with van der Waals surface area (Å²) in [5, 5.41) is 6.54. The van der Waals surface area contributed by atoms with Crippen molar-refractivity contribution >= 4 is 54.6 Å². The van der Waals surface area contributed by atoms with Crippen LogP contribution in [0.3, 0.4) is 0 Å². The van der Waals surface area contributed by atoms with Crippen LogP contribution in [0.5, 0.6) is 0 Å². The van der Waals surface area contributed by atoms with E-state index in [0.717, 1.165) is 27.4 Å². The number of amides is 1. The van der Waals surface area contributed by atoms with Gasteiger partial charge in [-0.25, -0.2) is 4.52 Å². The third kappa shape index (κ3) is 2.55. The number of hydrogen-bond acceptors (Lipinski definition) is 3. The number of nitrogens with zero attached hydrogens (tertiary/aromatic N) is 3. The maximum Gasteiger partial charge on any atom is 0.274 e.